The minimum atomic E-state index is -0.247. The summed E-state index contributed by atoms with van der Waals surface area (Å²) in [7, 11) is 1.58. The smallest absolute Gasteiger partial charge is 0.331 e. The lowest BCUT2D eigenvalue weighted by molar-refractivity contribution is 0.502. The molecule has 0 bridgehead atoms. The van der Waals surface area contributed by atoms with Crippen LogP contribution >= 0.6 is 0 Å². The molecule has 1 aliphatic carbocycles. The number of benzene rings is 1. The Kier molecular flexibility index (Phi) is 6.08. The maximum Gasteiger partial charge on any atom is 0.331 e. The summed E-state index contributed by atoms with van der Waals surface area (Å²) in [6, 6.07) is 11.0. The van der Waals surface area contributed by atoms with Crippen molar-refractivity contribution in [3.05, 3.63) is 62.3 Å². The standard InChI is InChI=1S/C25H34N4O2/c1-5-18-10-12-19(13-11-18)16-29-22(26-20-8-6-7-9-20)14-21-23(29)24(30)27(4)25(31)28(21)15-17(2)3/h10-14,17,20,26H,5-9,15-16H2,1-4H3. The highest BCUT2D eigenvalue weighted by atomic mass is 16.2. The van der Waals surface area contributed by atoms with Crippen LogP contribution in [0.5, 0.6) is 0 Å². The van der Waals surface area contributed by atoms with E-state index < -0.39 is 0 Å². The van der Waals surface area contributed by atoms with Crippen molar-refractivity contribution < 1.29 is 0 Å². The summed E-state index contributed by atoms with van der Waals surface area (Å²) in [6.45, 7) is 7.51. The van der Waals surface area contributed by atoms with Crippen molar-refractivity contribution in [1.29, 1.82) is 0 Å². The Bertz CT molecular complexity index is 1180. The zero-order valence-corrected chi connectivity index (χ0v) is 19.1. The maximum absolute atomic E-state index is 13.3. The van der Waals surface area contributed by atoms with E-state index in [0.717, 1.165) is 36.2 Å². The summed E-state index contributed by atoms with van der Waals surface area (Å²) in [6.07, 6.45) is 5.75. The lowest BCUT2D eigenvalue weighted by Crippen LogP contribution is -2.39. The number of nitrogens with zero attached hydrogens (tertiary/aromatic N) is 3. The third kappa shape index (κ3) is 4.21. The van der Waals surface area contributed by atoms with Crippen molar-refractivity contribution in [2.75, 3.05) is 5.32 Å². The first-order chi connectivity index (χ1) is 14.9. The van der Waals surface area contributed by atoms with Crippen LogP contribution in [0.4, 0.5) is 5.82 Å². The molecule has 1 saturated carbocycles. The van der Waals surface area contributed by atoms with Gasteiger partial charge in [-0.15, -0.1) is 0 Å². The summed E-state index contributed by atoms with van der Waals surface area (Å²) in [5, 5.41) is 3.69. The summed E-state index contributed by atoms with van der Waals surface area (Å²) in [4.78, 5) is 26.2. The van der Waals surface area contributed by atoms with Gasteiger partial charge in [0, 0.05) is 32.2 Å². The molecule has 0 amide bonds. The number of hydrogen-bond acceptors (Lipinski definition) is 3. The molecule has 1 N–H and O–H groups in total. The molecule has 3 aromatic rings. The molecular formula is C25H34N4O2. The predicted octanol–water partition coefficient (Wildman–Crippen LogP) is 4.12. The maximum atomic E-state index is 13.3. The molecule has 0 aliphatic heterocycles. The van der Waals surface area contributed by atoms with Crippen LogP contribution in [0.3, 0.4) is 0 Å². The molecular weight excluding hydrogens is 388 g/mol. The van der Waals surface area contributed by atoms with Crippen molar-refractivity contribution in [3.63, 3.8) is 0 Å². The molecule has 6 heteroatoms. The van der Waals surface area contributed by atoms with Crippen molar-refractivity contribution in [3.8, 4) is 0 Å². The molecule has 31 heavy (non-hydrogen) atoms. The first kappa shape index (κ1) is 21.5. The average Bonchev–Trinajstić information content (AvgIpc) is 3.39. The fourth-order valence-corrected chi connectivity index (χ4v) is 4.66. The van der Waals surface area contributed by atoms with Gasteiger partial charge in [-0.3, -0.25) is 13.9 Å². The second-order valence-corrected chi connectivity index (χ2v) is 9.30. The van der Waals surface area contributed by atoms with Crippen LogP contribution in [0.1, 0.15) is 57.6 Å². The molecule has 1 aliphatic rings. The van der Waals surface area contributed by atoms with E-state index in [1.54, 1.807) is 11.6 Å². The fraction of sp³-hybridized carbons (Fsp3) is 0.520. The van der Waals surface area contributed by atoms with Gasteiger partial charge in [0.2, 0.25) is 0 Å². The highest BCUT2D eigenvalue weighted by molar-refractivity contribution is 5.81. The van der Waals surface area contributed by atoms with Gasteiger partial charge in [0.1, 0.15) is 11.3 Å². The van der Waals surface area contributed by atoms with Crippen molar-refractivity contribution >= 4 is 16.9 Å². The molecule has 2 heterocycles. The van der Waals surface area contributed by atoms with Gasteiger partial charge in [-0.1, -0.05) is 57.9 Å². The van der Waals surface area contributed by atoms with E-state index in [4.69, 9.17) is 0 Å². The quantitative estimate of drug-likeness (QED) is 0.623. The third-order valence-corrected chi connectivity index (χ3v) is 6.42. The Morgan fingerprint density at radius 1 is 1.03 bits per heavy atom. The third-order valence-electron chi connectivity index (χ3n) is 6.42. The monoisotopic (exact) mass is 422 g/mol. The lowest BCUT2D eigenvalue weighted by Gasteiger charge is -2.17. The lowest BCUT2D eigenvalue weighted by atomic mass is 10.1. The van der Waals surface area contributed by atoms with Crippen LogP contribution in [0, 0.1) is 5.92 Å². The van der Waals surface area contributed by atoms with Gasteiger partial charge in [-0.05, 0) is 36.3 Å². The van der Waals surface area contributed by atoms with Gasteiger partial charge in [0.25, 0.3) is 5.56 Å². The molecule has 0 unspecified atom stereocenters. The summed E-state index contributed by atoms with van der Waals surface area (Å²) >= 11 is 0. The number of anilines is 1. The number of aromatic nitrogens is 3. The van der Waals surface area contributed by atoms with Crippen LogP contribution in [-0.2, 0) is 26.6 Å². The Balaban J connectivity index is 1.89. The Morgan fingerprint density at radius 2 is 1.68 bits per heavy atom. The molecule has 0 spiro atoms. The van der Waals surface area contributed by atoms with Gasteiger partial charge < -0.3 is 9.88 Å². The van der Waals surface area contributed by atoms with Gasteiger partial charge in [-0.2, -0.15) is 0 Å². The minimum absolute atomic E-state index is 0.232. The zero-order chi connectivity index (χ0) is 22.1. The van der Waals surface area contributed by atoms with E-state index in [0.29, 0.717) is 30.6 Å². The van der Waals surface area contributed by atoms with Crippen LogP contribution in [0.2, 0.25) is 0 Å². The van der Waals surface area contributed by atoms with E-state index in [1.807, 2.05) is 6.07 Å². The molecule has 0 atom stereocenters. The predicted molar refractivity (Wildman–Crippen MR) is 127 cm³/mol. The number of nitrogens with one attached hydrogen (secondary N) is 1. The average molecular weight is 423 g/mol. The fourth-order valence-electron chi connectivity index (χ4n) is 4.66. The largest absolute Gasteiger partial charge is 0.369 e. The number of aryl methyl sites for hydroxylation is 1. The number of hydrogen-bond donors (Lipinski definition) is 1. The zero-order valence-electron chi connectivity index (χ0n) is 19.1. The molecule has 0 saturated heterocycles. The number of fused-ring (bicyclic) bond motifs is 1. The Morgan fingerprint density at radius 3 is 2.29 bits per heavy atom. The van der Waals surface area contributed by atoms with Crippen LogP contribution in [0.15, 0.2) is 39.9 Å². The summed E-state index contributed by atoms with van der Waals surface area (Å²) in [5.41, 5.74) is 3.29. The normalized spacial score (nSPS) is 14.7. The second-order valence-electron chi connectivity index (χ2n) is 9.30. The van der Waals surface area contributed by atoms with E-state index in [1.165, 1.54) is 23.0 Å². The highest BCUT2D eigenvalue weighted by Crippen LogP contribution is 2.27. The summed E-state index contributed by atoms with van der Waals surface area (Å²) in [5.74, 6) is 1.23. The van der Waals surface area contributed by atoms with Gasteiger partial charge in [-0.25, -0.2) is 4.79 Å². The van der Waals surface area contributed by atoms with Gasteiger partial charge in [0.15, 0.2) is 0 Å². The van der Waals surface area contributed by atoms with E-state index >= 15 is 0 Å². The van der Waals surface area contributed by atoms with Crippen molar-refractivity contribution in [2.45, 2.75) is 72.0 Å². The number of rotatable bonds is 7. The first-order valence-corrected chi connectivity index (χ1v) is 11.6. The van der Waals surface area contributed by atoms with Gasteiger partial charge >= 0.3 is 5.69 Å². The highest BCUT2D eigenvalue weighted by Gasteiger charge is 2.22. The topological polar surface area (TPSA) is 61.0 Å². The molecule has 2 aromatic heterocycles. The van der Waals surface area contributed by atoms with E-state index in [-0.39, 0.29) is 11.2 Å². The van der Waals surface area contributed by atoms with Gasteiger partial charge in [0.05, 0.1) is 5.52 Å². The second kappa shape index (κ2) is 8.77. The Labute approximate surface area is 183 Å². The van der Waals surface area contributed by atoms with Crippen LogP contribution in [0.25, 0.3) is 11.0 Å². The van der Waals surface area contributed by atoms with E-state index in [2.05, 4.69) is 54.9 Å². The van der Waals surface area contributed by atoms with Crippen LogP contribution < -0.4 is 16.6 Å². The minimum Gasteiger partial charge on any atom is -0.369 e. The molecule has 1 aromatic carbocycles. The Hall–Kier alpha value is -2.76. The van der Waals surface area contributed by atoms with E-state index in [9.17, 15) is 9.59 Å². The molecule has 6 nitrogen and oxygen atoms in total. The molecule has 1 fully saturated rings. The molecule has 166 valence electrons. The summed E-state index contributed by atoms with van der Waals surface area (Å²) < 4.78 is 5.09. The SMILES string of the molecule is CCc1ccc(Cn2c(NC3CCCC3)cc3c2c(=O)n(C)c(=O)n3CC(C)C)cc1. The van der Waals surface area contributed by atoms with Crippen molar-refractivity contribution in [1.82, 2.24) is 13.7 Å². The van der Waals surface area contributed by atoms with Crippen LogP contribution in [-0.4, -0.2) is 19.7 Å². The molecule has 4 rings (SSSR count). The molecule has 0 radical (unpaired) electrons. The first-order valence-electron chi connectivity index (χ1n) is 11.6. The van der Waals surface area contributed by atoms with Crippen molar-refractivity contribution in [2.24, 2.45) is 13.0 Å².